The van der Waals surface area contributed by atoms with Crippen molar-refractivity contribution in [1.82, 2.24) is 10.0 Å². The van der Waals surface area contributed by atoms with Crippen LogP contribution in [-0.4, -0.2) is 27.0 Å². The molecule has 1 heterocycles. The van der Waals surface area contributed by atoms with Gasteiger partial charge in [-0.05, 0) is 49.9 Å². The third kappa shape index (κ3) is 4.68. The Labute approximate surface area is 134 Å². The van der Waals surface area contributed by atoms with Crippen molar-refractivity contribution < 1.29 is 8.42 Å². The molecule has 0 spiro atoms. The third-order valence-electron chi connectivity index (χ3n) is 3.93. The number of rotatable bonds is 4. The summed E-state index contributed by atoms with van der Waals surface area (Å²) in [5, 5.41) is 3.30. The first kappa shape index (κ1) is 18.4. The Kier molecular flexibility index (Phi) is 6.66. The molecule has 2 atom stereocenters. The Balaban J connectivity index is 0.00000220. The van der Waals surface area contributed by atoms with E-state index in [1.807, 2.05) is 19.1 Å². The van der Waals surface area contributed by atoms with E-state index in [1.54, 1.807) is 12.1 Å². The SMILES string of the molecule is CC(C)c1ccc(S(=O)(=O)NC2CCCNC2C)cc1.Cl. The fourth-order valence-corrected chi connectivity index (χ4v) is 3.86. The average molecular weight is 333 g/mol. The van der Waals surface area contributed by atoms with Crippen molar-refractivity contribution in [1.29, 1.82) is 0 Å². The number of hydrogen-bond donors (Lipinski definition) is 2. The van der Waals surface area contributed by atoms with Crippen LogP contribution < -0.4 is 10.0 Å². The van der Waals surface area contributed by atoms with Crippen LogP contribution in [0.5, 0.6) is 0 Å². The van der Waals surface area contributed by atoms with Crippen LogP contribution in [0.25, 0.3) is 0 Å². The maximum absolute atomic E-state index is 12.4. The monoisotopic (exact) mass is 332 g/mol. The van der Waals surface area contributed by atoms with Gasteiger partial charge in [-0.1, -0.05) is 26.0 Å². The van der Waals surface area contributed by atoms with Crippen molar-refractivity contribution in [2.45, 2.75) is 56.5 Å². The molecule has 1 aromatic rings. The molecule has 120 valence electrons. The van der Waals surface area contributed by atoms with Crippen molar-refractivity contribution >= 4 is 22.4 Å². The highest BCUT2D eigenvalue weighted by atomic mass is 35.5. The van der Waals surface area contributed by atoms with Crippen molar-refractivity contribution in [3.8, 4) is 0 Å². The maximum atomic E-state index is 12.4. The lowest BCUT2D eigenvalue weighted by atomic mass is 10.0. The number of halogens is 1. The minimum Gasteiger partial charge on any atom is -0.313 e. The summed E-state index contributed by atoms with van der Waals surface area (Å²) in [5.74, 6) is 0.405. The molecule has 2 N–H and O–H groups in total. The summed E-state index contributed by atoms with van der Waals surface area (Å²) in [7, 11) is -3.43. The van der Waals surface area contributed by atoms with Crippen LogP contribution in [0.3, 0.4) is 0 Å². The zero-order chi connectivity index (χ0) is 14.8. The molecule has 0 saturated carbocycles. The van der Waals surface area contributed by atoms with E-state index >= 15 is 0 Å². The summed E-state index contributed by atoms with van der Waals surface area (Å²) >= 11 is 0. The third-order valence-corrected chi connectivity index (χ3v) is 5.43. The van der Waals surface area contributed by atoms with E-state index in [2.05, 4.69) is 23.9 Å². The predicted molar refractivity (Wildman–Crippen MR) is 88.6 cm³/mol. The van der Waals surface area contributed by atoms with Gasteiger partial charge < -0.3 is 5.32 Å². The molecule has 1 aliphatic rings. The molecular weight excluding hydrogens is 308 g/mol. The second-order valence-corrected chi connectivity index (χ2v) is 7.55. The summed E-state index contributed by atoms with van der Waals surface area (Å²) in [4.78, 5) is 0.347. The van der Waals surface area contributed by atoms with Gasteiger partial charge in [0.25, 0.3) is 0 Å². The summed E-state index contributed by atoms with van der Waals surface area (Å²) in [5.41, 5.74) is 1.15. The number of nitrogens with one attached hydrogen (secondary N) is 2. The van der Waals surface area contributed by atoms with Crippen LogP contribution in [0.15, 0.2) is 29.2 Å². The molecule has 21 heavy (non-hydrogen) atoms. The fraction of sp³-hybridized carbons (Fsp3) is 0.600. The van der Waals surface area contributed by atoms with Gasteiger partial charge >= 0.3 is 0 Å². The number of piperidine rings is 1. The average Bonchev–Trinajstić information content (AvgIpc) is 2.41. The molecule has 1 aromatic carbocycles. The van der Waals surface area contributed by atoms with E-state index in [0.29, 0.717) is 10.8 Å². The smallest absolute Gasteiger partial charge is 0.240 e. The molecule has 2 unspecified atom stereocenters. The molecule has 0 aliphatic carbocycles. The Morgan fingerprint density at radius 3 is 2.38 bits per heavy atom. The van der Waals surface area contributed by atoms with E-state index < -0.39 is 10.0 Å². The molecule has 1 aliphatic heterocycles. The van der Waals surface area contributed by atoms with Crippen LogP contribution in [0.4, 0.5) is 0 Å². The molecule has 0 aromatic heterocycles. The normalized spacial score (nSPS) is 22.9. The number of sulfonamides is 1. The van der Waals surface area contributed by atoms with E-state index in [-0.39, 0.29) is 24.5 Å². The molecule has 1 saturated heterocycles. The highest BCUT2D eigenvalue weighted by Gasteiger charge is 2.26. The standard InChI is InChI=1S/C15H24N2O2S.ClH/c1-11(2)13-6-8-14(9-7-13)20(18,19)17-15-5-4-10-16-12(15)3;/h6-9,11-12,15-17H,4-5,10H2,1-3H3;1H. The van der Waals surface area contributed by atoms with E-state index in [4.69, 9.17) is 0 Å². The first-order valence-corrected chi connectivity index (χ1v) is 8.74. The maximum Gasteiger partial charge on any atom is 0.240 e. The van der Waals surface area contributed by atoms with E-state index in [0.717, 1.165) is 24.9 Å². The molecule has 6 heteroatoms. The number of hydrogen-bond acceptors (Lipinski definition) is 3. The molecule has 0 amide bonds. The second-order valence-electron chi connectivity index (χ2n) is 5.84. The highest BCUT2D eigenvalue weighted by Crippen LogP contribution is 2.18. The minimum atomic E-state index is -3.43. The fourth-order valence-electron chi connectivity index (χ4n) is 2.50. The van der Waals surface area contributed by atoms with Crippen LogP contribution >= 0.6 is 12.4 Å². The Hall–Kier alpha value is -0.620. The first-order valence-electron chi connectivity index (χ1n) is 7.26. The van der Waals surface area contributed by atoms with Crippen molar-refractivity contribution in [2.75, 3.05) is 6.54 Å². The molecular formula is C15H25ClN2O2S. The van der Waals surface area contributed by atoms with Crippen LogP contribution in [0, 0.1) is 0 Å². The number of benzene rings is 1. The van der Waals surface area contributed by atoms with Gasteiger partial charge in [-0.3, -0.25) is 0 Å². The van der Waals surface area contributed by atoms with Gasteiger partial charge in [0, 0.05) is 12.1 Å². The summed E-state index contributed by atoms with van der Waals surface area (Å²) in [6.07, 6.45) is 1.89. The van der Waals surface area contributed by atoms with Gasteiger partial charge in [0.15, 0.2) is 0 Å². The van der Waals surface area contributed by atoms with Gasteiger partial charge in [0.1, 0.15) is 0 Å². The summed E-state index contributed by atoms with van der Waals surface area (Å²) < 4.78 is 27.6. The van der Waals surface area contributed by atoms with Crippen molar-refractivity contribution in [3.63, 3.8) is 0 Å². The lowest BCUT2D eigenvalue weighted by molar-refractivity contribution is 0.349. The topological polar surface area (TPSA) is 58.2 Å². The van der Waals surface area contributed by atoms with Crippen molar-refractivity contribution in [2.24, 2.45) is 0 Å². The van der Waals surface area contributed by atoms with E-state index in [1.165, 1.54) is 0 Å². The van der Waals surface area contributed by atoms with Gasteiger partial charge in [0.05, 0.1) is 4.90 Å². The van der Waals surface area contributed by atoms with Gasteiger partial charge in [-0.2, -0.15) is 0 Å². The lowest BCUT2D eigenvalue weighted by Crippen LogP contribution is -2.51. The summed E-state index contributed by atoms with van der Waals surface area (Å²) in [6, 6.07) is 7.31. The first-order chi connectivity index (χ1) is 9.40. The van der Waals surface area contributed by atoms with Crippen LogP contribution in [-0.2, 0) is 10.0 Å². The van der Waals surface area contributed by atoms with Crippen LogP contribution in [0.1, 0.15) is 45.1 Å². The zero-order valence-corrected chi connectivity index (χ0v) is 14.4. The molecule has 0 radical (unpaired) electrons. The van der Waals surface area contributed by atoms with Crippen molar-refractivity contribution in [3.05, 3.63) is 29.8 Å². The molecule has 2 rings (SSSR count). The molecule has 4 nitrogen and oxygen atoms in total. The highest BCUT2D eigenvalue weighted by molar-refractivity contribution is 7.89. The van der Waals surface area contributed by atoms with E-state index in [9.17, 15) is 8.42 Å². The molecule has 0 bridgehead atoms. The summed E-state index contributed by atoms with van der Waals surface area (Å²) in [6.45, 7) is 7.17. The Morgan fingerprint density at radius 1 is 1.24 bits per heavy atom. The van der Waals surface area contributed by atoms with Gasteiger partial charge in [0.2, 0.25) is 10.0 Å². The Morgan fingerprint density at radius 2 is 1.86 bits per heavy atom. The van der Waals surface area contributed by atoms with Gasteiger partial charge in [-0.25, -0.2) is 13.1 Å². The quantitative estimate of drug-likeness (QED) is 0.891. The zero-order valence-electron chi connectivity index (χ0n) is 12.8. The van der Waals surface area contributed by atoms with Gasteiger partial charge in [-0.15, -0.1) is 12.4 Å². The Bertz CT molecular complexity index is 543. The molecule has 1 fully saturated rings. The second kappa shape index (κ2) is 7.58. The predicted octanol–water partition coefficient (Wildman–Crippen LogP) is 2.65. The van der Waals surface area contributed by atoms with Crippen LogP contribution in [0.2, 0.25) is 0 Å². The minimum absolute atomic E-state index is 0. The largest absolute Gasteiger partial charge is 0.313 e. The lowest BCUT2D eigenvalue weighted by Gasteiger charge is -2.30.